The predicted molar refractivity (Wildman–Crippen MR) is 148 cm³/mol. The van der Waals surface area contributed by atoms with Gasteiger partial charge in [0.2, 0.25) is 5.91 Å². The van der Waals surface area contributed by atoms with Gasteiger partial charge in [0, 0.05) is 60.8 Å². The molecule has 212 valence electrons. The lowest BCUT2D eigenvalue weighted by Gasteiger charge is -2.51. The third kappa shape index (κ3) is 5.14. The van der Waals surface area contributed by atoms with Crippen molar-refractivity contribution in [2.24, 2.45) is 17.3 Å². The molecule has 1 saturated carbocycles. The number of benzene rings is 1. The van der Waals surface area contributed by atoms with Crippen LogP contribution in [-0.4, -0.2) is 89.2 Å². The van der Waals surface area contributed by atoms with Crippen molar-refractivity contribution >= 4 is 41.0 Å². The monoisotopic (exact) mass is 578 g/mol. The molecular formula is C28H36Cl2N4O5. The predicted octanol–water partition coefficient (Wildman–Crippen LogP) is 3.03. The van der Waals surface area contributed by atoms with Crippen molar-refractivity contribution in [3.63, 3.8) is 0 Å². The van der Waals surface area contributed by atoms with E-state index >= 15 is 0 Å². The molecule has 1 aromatic carbocycles. The van der Waals surface area contributed by atoms with Crippen LogP contribution < -0.4 is 10.6 Å². The van der Waals surface area contributed by atoms with Crippen molar-refractivity contribution in [1.82, 2.24) is 20.4 Å². The molecule has 1 aliphatic carbocycles. The number of halogens is 2. The fourth-order valence-corrected chi connectivity index (χ4v) is 8.00. The van der Waals surface area contributed by atoms with Crippen LogP contribution in [0.4, 0.5) is 0 Å². The van der Waals surface area contributed by atoms with Crippen LogP contribution in [0.2, 0.25) is 10.0 Å². The summed E-state index contributed by atoms with van der Waals surface area (Å²) in [5.41, 5.74) is -1.64. The first-order chi connectivity index (χ1) is 18.6. The number of carboxylic acid groups (broad SMARTS) is 2. The van der Waals surface area contributed by atoms with E-state index in [0.717, 1.165) is 26.2 Å². The molecule has 0 aromatic heterocycles. The molecule has 3 fully saturated rings. The van der Waals surface area contributed by atoms with Crippen LogP contribution >= 0.6 is 23.2 Å². The summed E-state index contributed by atoms with van der Waals surface area (Å²) in [5.74, 6) is -2.51. The molecule has 0 radical (unpaired) electrons. The first kappa shape index (κ1) is 28.2. The Kier molecular flexibility index (Phi) is 8.15. The van der Waals surface area contributed by atoms with Crippen molar-refractivity contribution in [2.45, 2.75) is 50.6 Å². The highest BCUT2D eigenvalue weighted by Gasteiger charge is 2.55. The molecule has 11 heteroatoms. The number of amides is 1. The number of nitrogens with zero attached hydrogens (tertiary/aromatic N) is 2. The van der Waals surface area contributed by atoms with Gasteiger partial charge in [-0.2, -0.15) is 0 Å². The second-order valence-electron chi connectivity index (χ2n) is 11.5. The number of carbonyl (C=O) groups is 3. The summed E-state index contributed by atoms with van der Waals surface area (Å²) in [5, 5.41) is 27.3. The molecule has 5 unspecified atom stereocenters. The van der Waals surface area contributed by atoms with Gasteiger partial charge >= 0.3 is 11.9 Å². The van der Waals surface area contributed by atoms with E-state index in [1.54, 1.807) is 18.2 Å². The second-order valence-corrected chi connectivity index (χ2v) is 12.3. The summed E-state index contributed by atoms with van der Waals surface area (Å²) in [4.78, 5) is 42.9. The molecule has 2 bridgehead atoms. The molecule has 3 aliphatic heterocycles. The average Bonchev–Trinajstić information content (AvgIpc) is 2.89. The lowest BCUT2D eigenvalue weighted by molar-refractivity contribution is -0.152. The minimum Gasteiger partial charge on any atom is -0.481 e. The summed E-state index contributed by atoms with van der Waals surface area (Å²) < 4.78 is 0. The molecular weight excluding hydrogens is 543 g/mol. The van der Waals surface area contributed by atoms with Crippen molar-refractivity contribution < 1.29 is 24.6 Å². The van der Waals surface area contributed by atoms with Gasteiger partial charge in [0.25, 0.3) is 0 Å². The number of piperidine rings is 1. The Morgan fingerprint density at radius 1 is 1.03 bits per heavy atom. The van der Waals surface area contributed by atoms with E-state index in [-0.39, 0.29) is 33.5 Å². The van der Waals surface area contributed by atoms with Gasteiger partial charge in [0.15, 0.2) is 0 Å². The average molecular weight is 580 g/mol. The molecule has 1 amide bonds. The van der Waals surface area contributed by atoms with Crippen molar-refractivity contribution in [3.05, 3.63) is 45.6 Å². The fraction of sp³-hybridized carbons (Fsp3) is 0.607. The summed E-state index contributed by atoms with van der Waals surface area (Å²) in [6.07, 6.45) is 4.99. The van der Waals surface area contributed by atoms with E-state index in [4.69, 9.17) is 23.2 Å². The number of hydrogen-bond donors (Lipinski definition) is 4. The van der Waals surface area contributed by atoms with Crippen LogP contribution in [0, 0.1) is 17.3 Å². The smallest absolute Gasteiger partial charge is 0.333 e. The van der Waals surface area contributed by atoms with Gasteiger partial charge in [-0.3, -0.25) is 14.5 Å². The van der Waals surface area contributed by atoms with Gasteiger partial charge in [0.1, 0.15) is 0 Å². The molecule has 5 atom stereocenters. The number of carboxylic acids is 2. The molecule has 5 rings (SSSR count). The zero-order valence-corrected chi connectivity index (χ0v) is 23.5. The Balaban J connectivity index is 1.34. The highest BCUT2D eigenvalue weighted by atomic mass is 35.5. The Hall–Kier alpha value is -2.33. The van der Waals surface area contributed by atoms with E-state index in [9.17, 15) is 24.6 Å². The molecule has 3 heterocycles. The maximum Gasteiger partial charge on any atom is 0.333 e. The van der Waals surface area contributed by atoms with E-state index in [2.05, 4.69) is 15.5 Å². The van der Waals surface area contributed by atoms with Crippen molar-refractivity contribution in [3.8, 4) is 0 Å². The van der Waals surface area contributed by atoms with Gasteiger partial charge < -0.3 is 25.7 Å². The number of rotatable bonds is 6. The molecule has 0 spiro atoms. The summed E-state index contributed by atoms with van der Waals surface area (Å²) >= 11 is 12.9. The molecule has 39 heavy (non-hydrogen) atoms. The number of hydrogen-bond acceptors (Lipinski definition) is 6. The number of aliphatic carboxylic acids is 2. The number of carbonyl (C=O) groups excluding carboxylic acids is 1. The van der Waals surface area contributed by atoms with Gasteiger partial charge in [0.05, 0.1) is 17.0 Å². The Labute approximate surface area is 238 Å². The SMILES string of the molecule is CC1(C(=O)O)C(CC(=O)N2CCN(C3C4CCCC3CNC4)CC2)NC=C(C(=O)O)C1c1c(Cl)cccc1Cl. The van der Waals surface area contributed by atoms with E-state index in [1.165, 1.54) is 32.4 Å². The molecule has 4 N–H and O–H groups in total. The zero-order chi connectivity index (χ0) is 27.9. The molecule has 4 aliphatic rings. The topological polar surface area (TPSA) is 122 Å². The van der Waals surface area contributed by atoms with Gasteiger partial charge in [-0.25, -0.2) is 4.79 Å². The highest BCUT2D eigenvalue weighted by molar-refractivity contribution is 6.36. The third-order valence-electron chi connectivity index (χ3n) is 9.47. The normalized spacial score (nSPS) is 33.2. The minimum absolute atomic E-state index is 0.0939. The molecule has 1 aromatic rings. The quantitative estimate of drug-likeness (QED) is 0.406. The number of piperazine rings is 1. The third-order valence-corrected chi connectivity index (χ3v) is 10.1. The first-order valence-electron chi connectivity index (χ1n) is 13.7. The Morgan fingerprint density at radius 3 is 2.21 bits per heavy atom. The van der Waals surface area contributed by atoms with Crippen LogP contribution in [0.1, 0.15) is 44.1 Å². The largest absolute Gasteiger partial charge is 0.481 e. The zero-order valence-electron chi connectivity index (χ0n) is 22.0. The summed E-state index contributed by atoms with van der Waals surface area (Å²) in [6, 6.07) is 4.43. The lowest BCUT2D eigenvalue weighted by atomic mass is 9.63. The minimum atomic E-state index is -1.71. The first-order valence-corrected chi connectivity index (χ1v) is 14.5. The van der Waals surface area contributed by atoms with Crippen molar-refractivity contribution in [1.29, 1.82) is 0 Å². The van der Waals surface area contributed by atoms with E-state index < -0.39 is 29.3 Å². The molecule has 9 nitrogen and oxygen atoms in total. The number of fused-ring (bicyclic) bond motifs is 2. The second kappa shape index (κ2) is 11.3. The lowest BCUT2D eigenvalue weighted by Crippen LogP contribution is -2.62. The van der Waals surface area contributed by atoms with Crippen LogP contribution in [0.5, 0.6) is 0 Å². The maximum atomic E-state index is 13.5. The van der Waals surface area contributed by atoms with Crippen LogP contribution in [-0.2, 0) is 14.4 Å². The summed E-state index contributed by atoms with van der Waals surface area (Å²) in [6.45, 7) is 6.38. The van der Waals surface area contributed by atoms with E-state index in [1.807, 2.05) is 4.90 Å². The van der Waals surface area contributed by atoms with Crippen LogP contribution in [0.3, 0.4) is 0 Å². The summed E-state index contributed by atoms with van der Waals surface area (Å²) in [7, 11) is 0. The molecule has 2 saturated heterocycles. The van der Waals surface area contributed by atoms with Gasteiger partial charge in [-0.05, 0) is 62.4 Å². The van der Waals surface area contributed by atoms with Crippen LogP contribution in [0.25, 0.3) is 0 Å². The highest BCUT2D eigenvalue weighted by Crippen LogP contribution is 2.51. The van der Waals surface area contributed by atoms with Crippen molar-refractivity contribution in [2.75, 3.05) is 39.3 Å². The fourth-order valence-electron chi connectivity index (χ4n) is 7.38. The van der Waals surface area contributed by atoms with Crippen LogP contribution in [0.15, 0.2) is 30.0 Å². The van der Waals surface area contributed by atoms with Gasteiger partial charge in [-0.1, -0.05) is 35.7 Å². The number of nitrogens with one attached hydrogen (secondary N) is 2. The maximum absolute atomic E-state index is 13.5. The van der Waals surface area contributed by atoms with E-state index in [0.29, 0.717) is 31.0 Å². The standard InChI is InChI=1S/C28H36Cl2N4O5/c1-28(27(38)39)21(32-15-18(26(36)37)24(28)23-19(29)6-3-7-20(23)30)12-22(35)33-8-10-34(11-9-33)25-16-4-2-5-17(25)14-31-13-16/h3,6-7,15-17,21,24-25,31-32H,2,4-5,8-14H2,1H3,(H,36,37)(H,38,39). The van der Waals surface area contributed by atoms with Gasteiger partial charge in [-0.15, -0.1) is 0 Å². The Morgan fingerprint density at radius 2 is 1.64 bits per heavy atom. The Bertz CT molecular complexity index is 1130.